The number of aromatic nitrogens is 1. The number of morpholine rings is 1. The molecule has 2 saturated heterocycles. The van der Waals surface area contributed by atoms with Gasteiger partial charge in [0.1, 0.15) is 11.9 Å². The first-order valence-corrected chi connectivity index (χ1v) is 10.5. The minimum absolute atomic E-state index is 0.00433. The van der Waals surface area contributed by atoms with Gasteiger partial charge in [-0.3, -0.25) is 14.6 Å². The average Bonchev–Trinajstić information content (AvgIpc) is 3.09. The molecule has 2 aliphatic heterocycles. The second kappa shape index (κ2) is 8.32. The highest BCUT2D eigenvalue weighted by Gasteiger charge is 2.36. The lowest BCUT2D eigenvalue weighted by Gasteiger charge is -2.31. The fraction of sp³-hybridized carbons (Fsp3) is 0.381. The summed E-state index contributed by atoms with van der Waals surface area (Å²) >= 11 is 1.55. The van der Waals surface area contributed by atoms with Crippen molar-refractivity contribution in [1.29, 1.82) is 0 Å². The van der Waals surface area contributed by atoms with Gasteiger partial charge in [0, 0.05) is 31.0 Å². The predicted molar refractivity (Wildman–Crippen MR) is 109 cm³/mol. The van der Waals surface area contributed by atoms with Gasteiger partial charge in [-0.1, -0.05) is 29.8 Å². The van der Waals surface area contributed by atoms with E-state index >= 15 is 0 Å². The van der Waals surface area contributed by atoms with Gasteiger partial charge in [0.15, 0.2) is 0 Å². The van der Waals surface area contributed by atoms with Gasteiger partial charge < -0.3 is 14.5 Å². The summed E-state index contributed by atoms with van der Waals surface area (Å²) in [5, 5.41) is -0.206. The number of thioether (sulfide) groups is 1. The van der Waals surface area contributed by atoms with Crippen LogP contribution in [0.25, 0.3) is 11.1 Å². The molecular formula is C21H23N3O3S. The van der Waals surface area contributed by atoms with Crippen LogP contribution in [0.5, 0.6) is 0 Å². The van der Waals surface area contributed by atoms with E-state index in [2.05, 4.69) is 36.2 Å². The molecule has 1 unspecified atom stereocenters. The smallest absolute Gasteiger partial charge is 0.242 e. The van der Waals surface area contributed by atoms with Crippen LogP contribution in [-0.4, -0.2) is 65.2 Å². The molecule has 2 aromatic rings. The van der Waals surface area contributed by atoms with Crippen LogP contribution in [0.15, 0.2) is 42.7 Å². The second-order valence-electron chi connectivity index (χ2n) is 7.01. The summed E-state index contributed by atoms with van der Waals surface area (Å²) in [4.78, 5) is 33.0. The first-order valence-electron chi connectivity index (χ1n) is 9.41. The minimum Gasteiger partial charge on any atom is -0.378 e. The van der Waals surface area contributed by atoms with Gasteiger partial charge in [-0.25, -0.2) is 0 Å². The predicted octanol–water partition coefficient (Wildman–Crippen LogP) is 2.49. The van der Waals surface area contributed by atoms with Gasteiger partial charge >= 0.3 is 0 Å². The van der Waals surface area contributed by atoms with E-state index in [-0.39, 0.29) is 23.7 Å². The fourth-order valence-corrected chi connectivity index (χ4v) is 4.75. The molecule has 0 aliphatic carbocycles. The van der Waals surface area contributed by atoms with E-state index in [1.807, 2.05) is 12.3 Å². The summed E-state index contributed by atoms with van der Waals surface area (Å²) in [5.41, 5.74) is 4.30. The number of pyridine rings is 1. The zero-order valence-electron chi connectivity index (χ0n) is 15.8. The van der Waals surface area contributed by atoms with Gasteiger partial charge in [-0.15, -0.1) is 11.8 Å². The van der Waals surface area contributed by atoms with Gasteiger partial charge in [-0.2, -0.15) is 0 Å². The van der Waals surface area contributed by atoms with Gasteiger partial charge in [0.2, 0.25) is 11.8 Å². The topological polar surface area (TPSA) is 62.7 Å². The number of hydrogen-bond donors (Lipinski definition) is 0. The Morgan fingerprint density at radius 3 is 2.71 bits per heavy atom. The molecule has 6 nitrogen and oxygen atoms in total. The Bertz CT molecular complexity index is 865. The molecular weight excluding hydrogens is 374 g/mol. The normalized spacial score (nSPS) is 19.9. The van der Waals surface area contributed by atoms with Crippen LogP contribution in [0.3, 0.4) is 0 Å². The van der Waals surface area contributed by atoms with Crippen molar-refractivity contribution >= 4 is 23.6 Å². The number of nitrogens with zero attached hydrogens (tertiary/aromatic N) is 3. The Morgan fingerprint density at radius 2 is 1.96 bits per heavy atom. The third-order valence-corrected chi connectivity index (χ3v) is 6.36. The SMILES string of the molecule is Cc1ccc(-c2ccncc2C2SCC(=O)N2CC(=O)N2CCOCC2)cc1. The molecule has 0 N–H and O–H groups in total. The number of ether oxygens (including phenoxy) is 1. The van der Waals surface area contributed by atoms with E-state index in [1.165, 1.54) is 5.56 Å². The van der Waals surface area contributed by atoms with Crippen molar-refractivity contribution in [2.75, 3.05) is 38.6 Å². The third-order valence-electron chi connectivity index (χ3n) is 5.12. The van der Waals surface area contributed by atoms with Crippen LogP contribution >= 0.6 is 11.8 Å². The lowest BCUT2D eigenvalue weighted by Crippen LogP contribution is -2.46. The number of amides is 2. The molecule has 2 fully saturated rings. The highest BCUT2D eigenvalue weighted by atomic mass is 32.2. The number of carbonyl (C=O) groups excluding carboxylic acids is 2. The van der Waals surface area contributed by atoms with Crippen LogP contribution < -0.4 is 0 Å². The lowest BCUT2D eigenvalue weighted by molar-refractivity contribution is -0.141. The first-order chi connectivity index (χ1) is 13.6. The Hall–Kier alpha value is -2.38. The summed E-state index contributed by atoms with van der Waals surface area (Å²) in [6.45, 7) is 4.43. The molecule has 2 amide bonds. The largest absolute Gasteiger partial charge is 0.378 e. The van der Waals surface area contributed by atoms with Crippen molar-refractivity contribution in [3.8, 4) is 11.1 Å². The summed E-state index contributed by atoms with van der Waals surface area (Å²) < 4.78 is 5.32. The molecule has 0 bridgehead atoms. The molecule has 0 radical (unpaired) electrons. The molecule has 1 atom stereocenters. The Kier molecular flexibility index (Phi) is 5.64. The Balaban J connectivity index is 1.60. The fourth-order valence-electron chi connectivity index (χ4n) is 3.54. The number of hydrogen-bond acceptors (Lipinski definition) is 5. The lowest BCUT2D eigenvalue weighted by atomic mass is 10.00. The Labute approximate surface area is 168 Å². The number of rotatable bonds is 4. The first kappa shape index (κ1) is 19.0. The Morgan fingerprint density at radius 1 is 1.21 bits per heavy atom. The van der Waals surface area contributed by atoms with E-state index in [9.17, 15) is 9.59 Å². The summed E-state index contributed by atoms with van der Waals surface area (Å²) in [6, 6.07) is 10.3. The third kappa shape index (κ3) is 3.91. The van der Waals surface area contributed by atoms with Crippen LogP contribution in [0.1, 0.15) is 16.5 Å². The maximum Gasteiger partial charge on any atom is 0.242 e. The van der Waals surface area contributed by atoms with Crippen molar-refractivity contribution in [3.63, 3.8) is 0 Å². The van der Waals surface area contributed by atoms with E-state index in [1.54, 1.807) is 27.8 Å². The van der Waals surface area contributed by atoms with Crippen LogP contribution in [0, 0.1) is 6.92 Å². The molecule has 0 spiro atoms. The monoisotopic (exact) mass is 397 g/mol. The summed E-state index contributed by atoms with van der Waals surface area (Å²) in [6.07, 6.45) is 3.58. The van der Waals surface area contributed by atoms with Crippen LogP contribution in [0.2, 0.25) is 0 Å². The maximum absolute atomic E-state index is 12.7. The van der Waals surface area contributed by atoms with Crippen molar-refractivity contribution in [3.05, 3.63) is 53.9 Å². The highest BCUT2D eigenvalue weighted by molar-refractivity contribution is 8.00. The zero-order valence-corrected chi connectivity index (χ0v) is 16.7. The van der Waals surface area contributed by atoms with Crippen LogP contribution in [0.4, 0.5) is 0 Å². The molecule has 3 heterocycles. The molecule has 146 valence electrons. The van der Waals surface area contributed by atoms with E-state index < -0.39 is 0 Å². The van der Waals surface area contributed by atoms with Crippen LogP contribution in [-0.2, 0) is 14.3 Å². The highest BCUT2D eigenvalue weighted by Crippen LogP contribution is 2.42. The molecule has 28 heavy (non-hydrogen) atoms. The number of carbonyl (C=O) groups is 2. The standard InChI is InChI=1S/C21H23N3O3S/c1-15-2-4-16(5-3-15)17-6-7-22-12-18(17)21-24(20(26)14-28-21)13-19(25)23-8-10-27-11-9-23/h2-7,12,21H,8-11,13-14H2,1H3. The maximum atomic E-state index is 12.7. The number of benzene rings is 1. The molecule has 2 aliphatic rings. The van der Waals surface area contributed by atoms with Crippen molar-refractivity contribution in [2.45, 2.75) is 12.3 Å². The zero-order chi connectivity index (χ0) is 19.5. The van der Waals surface area contributed by atoms with E-state index in [0.29, 0.717) is 32.1 Å². The summed E-state index contributed by atoms with van der Waals surface area (Å²) in [7, 11) is 0. The molecule has 4 rings (SSSR count). The van der Waals surface area contributed by atoms with E-state index in [0.717, 1.165) is 16.7 Å². The quantitative estimate of drug-likeness (QED) is 0.793. The van der Waals surface area contributed by atoms with E-state index in [4.69, 9.17) is 4.74 Å². The van der Waals surface area contributed by atoms with Gasteiger partial charge in [-0.05, 0) is 24.1 Å². The summed E-state index contributed by atoms with van der Waals surface area (Å²) in [5.74, 6) is 0.351. The molecule has 1 aromatic heterocycles. The van der Waals surface area contributed by atoms with Crippen molar-refractivity contribution in [2.24, 2.45) is 0 Å². The van der Waals surface area contributed by atoms with Gasteiger partial charge in [0.05, 0.1) is 19.0 Å². The van der Waals surface area contributed by atoms with Gasteiger partial charge in [0.25, 0.3) is 0 Å². The van der Waals surface area contributed by atoms with Crippen molar-refractivity contribution < 1.29 is 14.3 Å². The number of aryl methyl sites for hydroxylation is 1. The molecule has 1 aromatic carbocycles. The molecule has 7 heteroatoms. The molecule has 0 saturated carbocycles. The average molecular weight is 398 g/mol. The van der Waals surface area contributed by atoms with Crippen molar-refractivity contribution in [1.82, 2.24) is 14.8 Å². The second-order valence-corrected chi connectivity index (χ2v) is 8.08. The minimum atomic E-state index is -0.206.